The predicted octanol–water partition coefficient (Wildman–Crippen LogP) is 4.13. The third-order valence-electron chi connectivity index (χ3n) is 4.96. The number of thiazole rings is 1. The lowest BCUT2D eigenvalue weighted by atomic mass is 9.91. The first-order valence-corrected chi connectivity index (χ1v) is 10.2. The van der Waals surface area contributed by atoms with Gasteiger partial charge in [0, 0.05) is 18.3 Å². The van der Waals surface area contributed by atoms with E-state index in [1.165, 1.54) is 12.3 Å². The van der Waals surface area contributed by atoms with Gasteiger partial charge in [0.05, 0.1) is 11.1 Å². The van der Waals surface area contributed by atoms with Crippen LogP contribution in [0.2, 0.25) is 4.34 Å². The highest BCUT2D eigenvalue weighted by Gasteiger charge is 2.40. The number of nitrogens with two attached hydrogens (primary N) is 1. The maximum Gasteiger partial charge on any atom is 0.435 e. The first-order chi connectivity index (χ1) is 13.8. The zero-order valence-electron chi connectivity index (χ0n) is 15.0. The van der Waals surface area contributed by atoms with Crippen molar-refractivity contribution in [3.05, 3.63) is 39.4 Å². The van der Waals surface area contributed by atoms with Gasteiger partial charge in [0.2, 0.25) is 0 Å². The molecule has 3 heterocycles. The number of nitrogens with zero attached hydrogens (tertiary/aromatic N) is 3. The molecule has 0 spiro atoms. The van der Waals surface area contributed by atoms with Crippen LogP contribution in [0.15, 0.2) is 24.4 Å². The third kappa shape index (κ3) is 3.84. The smallest absolute Gasteiger partial charge is 0.346 e. The van der Waals surface area contributed by atoms with Crippen LogP contribution in [0.1, 0.15) is 41.2 Å². The number of aromatic nitrogens is 3. The molecule has 6 nitrogen and oxygen atoms in total. The van der Waals surface area contributed by atoms with Gasteiger partial charge in [-0.05, 0) is 25.0 Å². The zero-order valence-corrected chi connectivity index (χ0v) is 16.6. The Labute approximate surface area is 172 Å². The second-order valence-electron chi connectivity index (χ2n) is 6.92. The van der Waals surface area contributed by atoms with Gasteiger partial charge in [-0.15, -0.1) is 0 Å². The Hall–Kier alpha value is -2.17. The van der Waals surface area contributed by atoms with Crippen molar-refractivity contribution in [3.63, 3.8) is 0 Å². The number of alkyl halides is 3. The van der Waals surface area contributed by atoms with Gasteiger partial charge >= 0.3 is 6.18 Å². The molecule has 3 aromatic heterocycles. The van der Waals surface area contributed by atoms with Crippen molar-refractivity contribution in [3.8, 4) is 11.3 Å². The van der Waals surface area contributed by atoms with Crippen molar-refractivity contribution in [1.29, 1.82) is 0 Å². The summed E-state index contributed by atoms with van der Waals surface area (Å²) >= 11 is 7.06. The number of carbonyl (C=O) groups excluding carboxylic acids is 1. The molecule has 29 heavy (non-hydrogen) atoms. The van der Waals surface area contributed by atoms with Crippen molar-refractivity contribution in [2.75, 3.05) is 0 Å². The van der Waals surface area contributed by atoms with Gasteiger partial charge in [0.1, 0.15) is 10.0 Å². The number of amides is 1. The summed E-state index contributed by atoms with van der Waals surface area (Å²) in [5.74, 6) is -0.490. The quantitative estimate of drug-likeness (QED) is 0.637. The van der Waals surface area contributed by atoms with Crippen molar-refractivity contribution in [2.24, 2.45) is 5.73 Å². The number of halogens is 4. The lowest BCUT2D eigenvalue weighted by molar-refractivity contribution is -0.140. The number of nitrogens with one attached hydrogen (secondary N) is 1. The summed E-state index contributed by atoms with van der Waals surface area (Å²) in [5, 5.41) is 6.47. The molecule has 1 saturated carbocycles. The van der Waals surface area contributed by atoms with E-state index in [2.05, 4.69) is 15.4 Å². The Balaban J connectivity index is 1.72. The molecule has 1 aliphatic rings. The van der Waals surface area contributed by atoms with Crippen LogP contribution in [0.3, 0.4) is 0 Å². The molecular formula is C18H17ClF3N5OS. The van der Waals surface area contributed by atoms with Crippen LogP contribution in [0, 0.1) is 0 Å². The number of rotatable bonds is 3. The Morgan fingerprint density at radius 3 is 2.79 bits per heavy atom. The monoisotopic (exact) mass is 443 g/mol. The summed E-state index contributed by atoms with van der Waals surface area (Å²) in [6.45, 7) is 0. The molecule has 0 aliphatic heterocycles. The summed E-state index contributed by atoms with van der Waals surface area (Å²) in [4.78, 5) is 16.8. The van der Waals surface area contributed by atoms with Crippen molar-refractivity contribution < 1.29 is 18.0 Å². The van der Waals surface area contributed by atoms with Crippen LogP contribution in [0.25, 0.3) is 16.8 Å². The molecule has 3 aromatic rings. The van der Waals surface area contributed by atoms with Crippen LogP contribution in [-0.4, -0.2) is 32.6 Å². The predicted molar refractivity (Wildman–Crippen MR) is 104 cm³/mol. The SMILES string of the molecule is NC1CCCC[C@@H]1NC(=O)c1nc(-c2c(C(F)(F)F)nn3ccccc23)c(Cl)s1. The highest BCUT2D eigenvalue weighted by atomic mass is 35.5. The Morgan fingerprint density at radius 2 is 2.07 bits per heavy atom. The average molecular weight is 444 g/mol. The first kappa shape index (κ1) is 20.1. The number of carbonyl (C=O) groups is 1. The maximum atomic E-state index is 13.6. The van der Waals surface area contributed by atoms with E-state index in [1.807, 2.05) is 0 Å². The Morgan fingerprint density at radius 1 is 1.31 bits per heavy atom. The number of hydrogen-bond acceptors (Lipinski definition) is 5. The summed E-state index contributed by atoms with van der Waals surface area (Å²) in [5.41, 5.74) is 4.81. The fraction of sp³-hybridized carbons (Fsp3) is 0.389. The molecule has 1 amide bonds. The molecular weight excluding hydrogens is 427 g/mol. The zero-order chi connectivity index (χ0) is 20.8. The molecule has 0 aromatic carbocycles. The van der Waals surface area contributed by atoms with Gasteiger partial charge in [0.25, 0.3) is 5.91 Å². The molecule has 154 valence electrons. The van der Waals surface area contributed by atoms with Gasteiger partial charge in [-0.3, -0.25) is 4.79 Å². The second kappa shape index (κ2) is 7.58. The molecule has 1 aliphatic carbocycles. The highest BCUT2D eigenvalue weighted by molar-refractivity contribution is 7.18. The lowest BCUT2D eigenvalue weighted by Crippen LogP contribution is -2.49. The molecule has 1 unspecified atom stereocenters. The van der Waals surface area contributed by atoms with Crippen LogP contribution in [0.4, 0.5) is 13.2 Å². The number of pyridine rings is 1. The second-order valence-corrected chi connectivity index (χ2v) is 8.52. The van der Waals surface area contributed by atoms with Gasteiger partial charge in [-0.2, -0.15) is 18.3 Å². The van der Waals surface area contributed by atoms with Gasteiger partial charge < -0.3 is 11.1 Å². The number of hydrogen-bond donors (Lipinski definition) is 2. The van der Waals surface area contributed by atoms with Crippen LogP contribution in [-0.2, 0) is 6.18 Å². The molecule has 3 N–H and O–H groups in total. The van der Waals surface area contributed by atoms with E-state index in [1.54, 1.807) is 12.1 Å². The molecule has 1 fully saturated rings. The molecule has 0 saturated heterocycles. The highest BCUT2D eigenvalue weighted by Crippen LogP contribution is 2.42. The first-order valence-electron chi connectivity index (χ1n) is 9.03. The van der Waals surface area contributed by atoms with Crippen molar-refractivity contribution in [1.82, 2.24) is 19.9 Å². The number of fused-ring (bicyclic) bond motifs is 1. The molecule has 2 atom stereocenters. The standard InChI is InChI=1S/C18H17ClF3N5OS/c19-15-13(12-11-7-3-4-8-27(11)26-14(12)18(20,21)22)25-17(29-15)16(28)24-10-6-2-1-5-9(10)23/h3-4,7-10H,1-2,5-6,23H2,(H,24,28)/t9?,10-/m0/s1. The summed E-state index contributed by atoms with van der Waals surface area (Å²) in [7, 11) is 0. The maximum absolute atomic E-state index is 13.6. The van der Waals surface area contributed by atoms with Crippen LogP contribution >= 0.6 is 22.9 Å². The summed E-state index contributed by atoms with van der Waals surface area (Å²) in [6, 6.07) is 4.32. The van der Waals surface area contributed by atoms with E-state index in [0.29, 0.717) is 0 Å². The van der Waals surface area contributed by atoms with Crippen LogP contribution in [0.5, 0.6) is 0 Å². The van der Waals surface area contributed by atoms with Crippen molar-refractivity contribution in [2.45, 2.75) is 43.9 Å². The minimum atomic E-state index is -4.70. The van der Waals surface area contributed by atoms with E-state index >= 15 is 0 Å². The van der Waals surface area contributed by atoms with E-state index in [4.69, 9.17) is 17.3 Å². The molecule has 0 bridgehead atoms. The van der Waals surface area contributed by atoms with Crippen LogP contribution < -0.4 is 11.1 Å². The minimum absolute atomic E-state index is 0.00709. The molecule has 0 radical (unpaired) electrons. The van der Waals surface area contributed by atoms with Crippen molar-refractivity contribution >= 4 is 34.4 Å². The normalized spacial score (nSPS) is 20.2. The Bertz CT molecular complexity index is 1060. The summed E-state index contributed by atoms with van der Waals surface area (Å²) < 4.78 is 41.9. The lowest BCUT2D eigenvalue weighted by Gasteiger charge is -2.28. The molecule has 4 rings (SSSR count). The largest absolute Gasteiger partial charge is 0.435 e. The van der Waals surface area contributed by atoms with E-state index in [-0.39, 0.29) is 38.2 Å². The van der Waals surface area contributed by atoms with E-state index in [0.717, 1.165) is 41.5 Å². The fourth-order valence-electron chi connectivity index (χ4n) is 3.55. The van der Waals surface area contributed by atoms with Gasteiger partial charge in [0.15, 0.2) is 10.7 Å². The topological polar surface area (TPSA) is 85.3 Å². The Kier molecular flexibility index (Phi) is 5.26. The summed E-state index contributed by atoms with van der Waals surface area (Å²) in [6.07, 6.45) is 0.241. The van der Waals surface area contributed by atoms with Gasteiger partial charge in [-0.1, -0.05) is 41.8 Å². The third-order valence-corrected chi connectivity index (χ3v) is 6.21. The van der Waals surface area contributed by atoms with E-state index in [9.17, 15) is 18.0 Å². The minimum Gasteiger partial charge on any atom is -0.346 e. The fourth-order valence-corrected chi connectivity index (χ4v) is 4.61. The van der Waals surface area contributed by atoms with Gasteiger partial charge in [-0.25, -0.2) is 9.50 Å². The molecule has 11 heteroatoms. The van der Waals surface area contributed by atoms with E-state index < -0.39 is 17.8 Å². The average Bonchev–Trinajstić information content (AvgIpc) is 3.24.